The molecule has 1 aliphatic heterocycles. The van der Waals surface area contributed by atoms with E-state index in [1.54, 1.807) is 35.0 Å². The summed E-state index contributed by atoms with van der Waals surface area (Å²) in [5.41, 5.74) is 5.82. The van der Waals surface area contributed by atoms with Crippen LogP contribution in [0.15, 0.2) is 65.8 Å². The number of carbonyl (C=O) groups is 1. The minimum atomic E-state index is -4.66. The topological polar surface area (TPSA) is 136 Å². The predicted molar refractivity (Wildman–Crippen MR) is 145 cm³/mol. The lowest BCUT2D eigenvalue weighted by Crippen LogP contribution is -2.31. The fourth-order valence-corrected chi connectivity index (χ4v) is 4.57. The molecule has 4 aromatic rings. The highest BCUT2D eigenvalue weighted by atomic mass is 19.4. The van der Waals surface area contributed by atoms with Gasteiger partial charge >= 0.3 is 12.2 Å². The lowest BCUT2D eigenvalue weighted by molar-refractivity contribution is -0.139. The van der Waals surface area contributed by atoms with Crippen LogP contribution in [0.1, 0.15) is 18.4 Å². The van der Waals surface area contributed by atoms with Gasteiger partial charge < -0.3 is 31.0 Å². The Labute approximate surface area is 226 Å². The van der Waals surface area contributed by atoms with Gasteiger partial charge in [-0.2, -0.15) is 13.2 Å². The predicted octanol–water partition coefficient (Wildman–Crippen LogP) is 4.40. The molecule has 0 spiro atoms. The summed E-state index contributed by atoms with van der Waals surface area (Å²) in [4.78, 5) is 33.0. The van der Waals surface area contributed by atoms with E-state index >= 15 is 0 Å². The Morgan fingerprint density at radius 1 is 1.07 bits per heavy atom. The Bertz CT molecular complexity index is 1580. The summed E-state index contributed by atoms with van der Waals surface area (Å²) in [7, 11) is 0. The number of fused-ring (bicyclic) bond motifs is 1. The standard InChI is InChI=1S/C27H26F3N7O3/c28-27(29,30)19-2-1-3-20(23(19)40-14-16-8-11-32-12-9-16)36-26(39)35-17-4-6-18(7-5-17)37-13-10-21(38)22-24(31)33-15-34-25(22)37/h1-7,10,13,15-16,32H,8-9,11-12,14H2,(H2,31,33,34)(H2,35,36,39). The number of pyridine rings is 1. The van der Waals surface area contributed by atoms with E-state index in [0.717, 1.165) is 32.0 Å². The van der Waals surface area contributed by atoms with Gasteiger partial charge in [-0.1, -0.05) is 6.07 Å². The number of alkyl halides is 3. The molecule has 0 atom stereocenters. The average molecular weight is 554 g/mol. The number of amides is 2. The summed E-state index contributed by atoms with van der Waals surface area (Å²) in [6, 6.07) is 10.7. The van der Waals surface area contributed by atoms with Crippen LogP contribution in [0.2, 0.25) is 0 Å². The summed E-state index contributed by atoms with van der Waals surface area (Å²) in [5, 5.41) is 8.49. The summed E-state index contributed by atoms with van der Waals surface area (Å²) < 4.78 is 48.5. The van der Waals surface area contributed by atoms with Gasteiger partial charge in [0.15, 0.2) is 16.8 Å². The molecule has 3 heterocycles. The molecule has 1 aliphatic rings. The zero-order valence-corrected chi connectivity index (χ0v) is 21.2. The minimum absolute atomic E-state index is 0.0630. The molecule has 5 rings (SSSR count). The van der Waals surface area contributed by atoms with E-state index < -0.39 is 23.5 Å². The molecule has 13 heteroatoms. The van der Waals surface area contributed by atoms with Crippen molar-refractivity contribution in [2.45, 2.75) is 19.0 Å². The second kappa shape index (κ2) is 11.2. The van der Waals surface area contributed by atoms with Crippen molar-refractivity contribution in [3.05, 3.63) is 76.8 Å². The van der Waals surface area contributed by atoms with E-state index in [9.17, 15) is 22.8 Å². The first-order valence-electron chi connectivity index (χ1n) is 12.5. The number of nitrogens with two attached hydrogens (primary N) is 1. The molecule has 40 heavy (non-hydrogen) atoms. The van der Waals surface area contributed by atoms with E-state index in [1.807, 2.05) is 0 Å². The van der Waals surface area contributed by atoms with Gasteiger partial charge in [0, 0.05) is 23.6 Å². The summed E-state index contributed by atoms with van der Waals surface area (Å²) >= 11 is 0. The van der Waals surface area contributed by atoms with E-state index in [-0.39, 0.29) is 34.8 Å². The third-order valence-corrected chi connectivity index (χ3v) is 6.60. The largest absolute Gasteiger partial charge is 0.490 e. The monoisotopic (exact) mass is 553 g/mol. The van der Waals surface area contributed by atoms with Gasteiger partial charge in [0.1, 0.15) is 17.5 Å². The van der Waals surface area contributed by atoms with E-state index in [1.165, 1.54) is 24.5 Å². The summed E-state index contributed by atoms with van der Waals surface area (Å²) in [6.07, 6.45) is -0.266. The van der Waals surface area contributed by atoms with Gasteiger partial charge in [-0.25, -0.2) is 14.8 Å². The van der Waals surface area contributed by atoms with Gasteiger partial charge in [-0.3, -0.25) is 4.79 Å². The van der Waals surface area contributed by atoms with Crippen LogP contribution in [0.3, 0.4) is 0 Å². The molecule has 0 aliphatic carbocycles. The average Bonchev–Trinajstić information content (AvgIpc) is 2.93. The first kappa shape index (κ1) is 26.9. The van der Waals surface area contributed by atoms with Gasteiger partial charge in [0.05, 0.1) is 17.9 Å². The van der Waals surface area contributed by atoms with Crippen LogP contribution >= 0.6 is 0 Å². The molecule has 10 nitrogen and oxygen atoms in total. The molecule has 0 radical (unpaired) electrons. The number of nitrogens with zero attached hydrogens (tertiary/aromatic N) is 3. The van der Waals surface area contributed by atoms with Crippen molar-refractivity contribution in [1.82, 2.24) is 19.9 Å². The van der Waals surface area contributed by atoms with Crippen LogP contribution < -0.4 is 31.8 Å². The molecule has 208 valence electrons. The second-order valence-electron chi connectivity index (χ2n) is 9.32. The van der Waals surface area contributed by atoms with Crippen LogP contribution in [0.4, 0.5) is 35.2 Å². The maximum Gasteiger partial charge on any atom is 0.420 e. The molecule has 1 saturated heterocycles. The summed E-state index contributed by atoms with van der Waals surface area (Å²) in [6.45, 7) is 1.67. The SMILES string of the molecule is Nc1ncnc2c1c(=O)ccn2-c1ccc(NC(=O)Nc2cccc(C(F)(F)F)c2OCC2CCNCC2)cc1. The van der Waals surface area contributed by atoms with Gasteiger partial charge in [0.2, 0.25) is 0 Å². The highest BCUT2D eigenvalue weighted by Crippen LogP contribution is 2.41. The van der Waals surface area contributed by atoms with Crippen molar-refractivity contribution in [3.8, 4) is 11.4 Å². The molecular formula is C27H26F3N7O3. The number of piperidine rings is 1. The quantitative estimate of drug-likeness (QED) is 0.278. The number of carbonyl (C=O) groups excluding carboxylic acids is 1. The number of benzene rings is 2. The Balaban J connectivity index is 1.33. The van der Waals surface area contributed by atoms with Crippen LogP contribution in [0.25, 0.3) is 16.7 Å². The normalized spacial score (nSPS) is 14.2. The molecule has 0 saturated carbocycles. The molecule has 2 amide bonds. The van der Waals surface area contributed by atoms with E-state index in [4.69, 9.17) is 10.5 Å². The first-order valence-corrected chi connectivity index (χ1v) is 12.5. The number of hydrogen-bond acceptors (Lipinski definition) is 7. The van der Waals surface area contributed by atoms with Crippen molar-refractivity contribution in [2.24, 2.45) is 5.92 Å². The molecule has 5 N–H and O–H groups in total. The smallest absolute Gasteiger partial charge is 0.420 e. The fraction of sp³-hybridized carbons (Fsp3) is 0.259. The van der Waals surface area contributed by atoms with E-state index in [2.05, 4.69) is 25.9 Å². The van der Waals surface area contributed by atoms with Gasteiger partial charge in [-0.15, -0.1) is 0 Å². The molecule has 1 fully saturated rings. The third-order valence-electron chi connectivity index (χ3n) is 6.60. The third kappa shape index (κ3) is 5.83. The molecule has 0 bridgehead atoms. The number of urea groups is 1. The number of halogens is 3. The maximum absolute atomic E-state index is 13.7. The molecule has 2 aromatic carbocycles. The maximum atomic E-state index is 13.7. The number of rotatable bonds is 6. The molecule has 0 unspecified atom stereocenters. The van der Waals surface area contributed by atoms with Crippen molar-refractivity contribution in [1.29, 1.82) is 0 Å². The number of nitrogens with one attached hydrogen (secondary N) is 3. The number of hydrogen-bond donors (Lipinski definition) is 4. The van der Waals surface area contributed by atoms with Gasteiger partial charge in [-0.05, 0) is 68.2 Å². The van der Waals surface area contributed by atoms with Crippen molar-refractivity contribution >= 4 is 34.3 Å². The fourth-order valence-electron chi connectivity index (χ4n) is 4.57. The lowest BCUT2D eigenvalue weighted by atomic mass is 9.99. The van der Waals surface area contributed by atoms with Crippen molar-refractivity contribution in [2.75, 3.05) is 36.1 Å². The Kier molecular flexibility index (Phi) is 7.56. The minimum Gasteiger partial charge on any atom is -0.490 e. The van der Waals surface area contributed by atoms with Crippen LogP contribution in [0, 0.1) is 5.92 Å². The zero-order valence-electron chi connectivity index (χ0n) is 21.2. The molecular weight excluding hydrogens is 527 g/mol. The Morgan fingerprint density at radius 2 is 1.82 bits per heavy atom. The first-order chi connectivity index (χ1) is 19.2. The van der Waals surface area contributed by atoms with Crippen LogP contribution in [0.5, 0.6) is 5.75 Å². The summed E-state index contributed by atoms with van der Waals surface area (Å²) in [5.74, 6) is -0.233. The van der Waals surface area contributed by atoms with Gasteiger partial charge in [0.25, 0.3) is 0 Å². The molecule has 2 aromatic heterocycles. The van der Waals surface area contributed by atoms with E-state index in [0.29, 0.717) is 17.0 Å². The zero-order chi connectivity index (χ0) is 28.3. The number of ether oxygens (including phenoxy) is 1. The highest BCUT2D eigenvalue weighted by Gasteiger charge is 2.36. The van der Waals surface area contributed by atoms with Crippen LogP contribution in [-0.2, 0) is 6.18 Å². The second-order valence-corrected chi connectivity index (χ2v) is 9.32. The van der Waals surface area contributed by atoms with Crippen molar-refractivity contribution in [3.63, 3.8) is 0 Å². The number of para-hydroxylation sites is 1. The number of aromatic nitrogens is 3. The lowest BCUT2D eigenvalue weighted by Gasteiger charge is -2.24. The Hall–Kier alpha value is -4.65. The van der Waals surface area contributed by atoms with Crippen molar-refractivity contribution < 1.29 is 22.7 Å². The Morgan fingerprint density at radius 3 is 2.55 bits per heavy atom. The highest BCUT2D eigenvalue weighted by molar-refractivity contribution is 6.01. The number of nitrogen functional groups attached to an aromatic ring is 1. The number of anilines is 3. The van der Waals surface area contributed by atoms with Crippen LogP contribution in [-0.4, -0.2) is 40.3 Å².